The molecule has 5 heteroatoms. The molecule has 1 atom stereocenters. The van der Waals surface area contributed by atoms with E-state index in [4.69, 9.17) is 0 Å². The molecule has 1 saturated carbocycles. The summed E-state index contributed by atoms with van der Waals surface area (Å²) in [5.41, 5.74) is 0. The molecule has 0 aromatic rings. The lowest BCUT2D eigenvalue weighted by molar-refractivity contribution is -0.121. The minimum Gasteiger partial charge on any atom is -0.356 e. The van der Waals surface area contributed by atoms with Gasteiger partial charge in [-0.05, 0) is 24.7 Å². The van der Waals surface area contributed by atoms with Gasteiger partial charge >= 0.3 is 0 Å². The number of rotatable bonds is 5. The highest BCUT2D eigenvalue weighted by molar-refractivity contribution is 7.91. The first-order chi connectivity index (χ1) is 9.05. The molecule has 1 amide bonds. The predicted octanol–water partition coefficient (Wildman–Crippen LogP) is 1.90. The fraction of sp³-hybridized carbons (Fsp3) is 0.929. The maximum absolute atomic E-state index is 11.7. The zero-order valence-electron chi connectivity index (χ0n) is 11.6. The van der Waals surface area contributed by atoms with Gasteiger partial charge in [-0.1, -0.05) is 32.1 Å². The van der Waals surface area contributed by atoms with Crippen molar-refractivity contribution in [1.82, 2.24) is 5.32 Å². The molecule has 0 aromatic heterocycles. The second-order valence-electron chi connectivity index (χ2n) is 6.12. The Morgan fingerprint density at radius 1 is 1.05 bits per heavy atom. The Morgan fingerprint density at radius 2 is 1.79 bits per heavy atom. The summed E-state index contributed by atoms with van der Waals surface area (Å²) in [5, 5.41) is 2.90. The molecular weight excluding hydrogens is 262 g/mol. The SMILES string of the molecule is O=C(CCC1CCCCC1)NC[C@@H]1CCS(=O)(=O)C1. The first-order valence-corrected chi connectivity index (χ1v) is 9.34. The molecule has 2 aliphatic rings. The lowest BCUT2D eigenvalue weighted by Crippen LogP contribution is -2.30. The molecule has 1 heterocycles. The van der Waals surface area contributed by atoms with Crippen molar-refractivity contribution >= 4 is 15.7 Å². The molecule has 2 fully saturated rings. The number of nitrogens with one attached hydrogen (secondary N) is 1. The van der Waals surface area contributed by atoms with Gasteiger partial charge in [-0.2, -0.15) is 0 Å². The molecule has 0 aromatic carbocycles. The zero-order valence-corrected chi connectivity index (χ0v) is 12.4. The van der Waals surface area contributed by atoms with Crippen molar-refractivity contribution in [2.75, 3.05) is 18.1 Å². The van der Waals surface area contributed by atoms with Crippen LogP contribution in [0.25, 0.3) is 0 Å². The van der Waals surface area contributed by atoms with Crippen molar-refractivity contribution in [2.24, 2.45) is 11.8 Å². The normalized spacial score (nSPS) is 27.3. The van der Waals surface area contributed by atoms with E-state index in [1.807, 2.05) is 0 Å². The summed E-state index contributed by atoms with van der Waals surface area (Å²) in [7, 11) is -2.82. The van der Waals surface area contributed by atoms with Crippen molar-refractivity contribution in [2.45, 2.75) is 51.4 Å². The van der Waals surface area contributed by atoms with Crippen LogP contribution in [-0.2, 0) is 14.6 Å². The smallest absolute Gasteiger partial charge is 0.220 e. The van der Waals surface area contributed by atoms with E-state index in [0.717, 1.165) is 12.3 Å². The Bertz CT molecular complexity index is 399. The summed E-state index contributed by atoms with van der Waals surface area (Å²) >= 11 is 0. The summed E-state index contributed by atoms with van der Waals surface area (Å²) in [5.74, 6) is 1.48. The van der Waals surface area contributed by atoms with Crippen LogP contribution in [-0.4, -0.2) is 32.4 Å². The minimum atomic E-state index is -2.82. The highest BCUT2D eigenvalue weighted by Gasteiger charge is 2.27. The number of hydrogen-bond donors (Lipinski definition) is 1. The second kappa shape index (κ2) is 6.73. The van der Waals surface area contributed by atoms with Crippen molar-refractivity contribution < 1.29 is 13.2 Å². The summed E-state index contributed by atoms with van der Waals surface area (Å²) < 4.78 is 22.6. The number of carbonyl (C=O) groups is 1. The van der Waals surface area contributed by atoms with Crippen molar-refractivity contribution in [1.29, 1.82) is 0 Å². The highest BCUT2D eigenvalue weighted by atomic mass is 32.2. The van der Waals surface area contributed by atoms with Crippen LogP contribution in [0.3, 0.4) is 0 Å². The summed E-state index contributed by atoms with van der Waals surface area (Å²) in [6.07, 6.45) is 8.81. The average molecular weight is 287 g/mol. The molecule has 1 aliphatic carbocycles. The average Bonchev–Trinajstić information content (AvgIpc) is 2.75. The number of carbonyl (C=O) groups excluding carboxylic acids is 1. The number of sulfone groups is 1. The molecular formula is C14H25NO3S. The van der Waals surface area contributed by atoms with E-state index in [9.17, 15) is 13.2 Å². The molecule has 1 aliphatic heterocycles. The van der Waals surface area contributed by atoms with E-state index < -0.39 is 9.84 Å². The Kier molecular flexibility index (Phi) is 5.25. The van der Waals surface area contributed by atoms with Crippen LogP contribution in [0, 0.1) is 11.8 Å². The summed E-state index contributed by atoms with van der Waals surface area (Å²) in [6, 6.07) is 0. The first kappa shape index (κ1) is 14.8. The van der Waals surface area contributed by atoms with E-state index in [1.165, 1.54) is 32.1 Å². The molecule has 0 radical (unpaired) electrons. The first-order valence-electron chi connectivity index (χ1n) is 7.52. The lowest BCUT2D eigenvalue weighted by atomic mass is 9.86. The van der Waals surface area contributed by atoms with Gasteiger partial charge in [-0.3, -0.25) is 4.79 Å². The third-order valence-electron chi connectivity index (χ3n) is 4.42. The van der Waals surface area contributed by atoms with E-state index in [-0.39, 0.29) is 23.3 Å². The Labute approximate surface area is 116 Å². The van der Waals surface area contributed by atoms with E-state index in [1.54, 1.807) is 0 Å². The minimum absolute atomic E-state index is 0.0925. The van der Waals surface area contributed by atoms with Crippen LogP contribution >= 0.6 is 0 Å². The lowest BCUT2D eigenvalue weighted by Gasteiger charge is -2.21. The van der Waals surface area contributed by atoms with Crippen molar-refractivity contribution in [3.63, 3.8) is 0 Å². The van der Waals surface area contributed by atoms with Gasteiger partial charge in [-0.25, -0.2) is 8.42 Å². The molecule has 2 rings (SSSR count). The third kappa shape index (κ3) is 5.13. The van der Waals surface area contributed by atoms with E-state index >= 15 is 0 Å². The van der Waals surface area contributed by atoms with Gasteiger partial charge in [0, 0.05) is 13.0 Å². The molecule has 0 bridgehead atoms. The van der Waals surface area contributed by atoms with Crippen LogP contribution < -0.4 is 5.32 Å². The maximum atomic E-state index is 11.7. The van der Waals surface area contributed by atoms with Gasteiger partial charge in [0.05, 0.1) is 11.5 Å². The fourth-order valence-electron chi connectivity index (χ4n) is 3.19. The fourth-order valence-corrected chi connectivity index (χ4v) is 5.05. The van der Waals surface area contributed by atoms with Crippen LogP contribution in [0.1, 0.15) is 51.4 Å². The molecule has 110 valence electrons. The van der Waals surface area contributed by atoms with Gasteiger partial charge in [0.15, 0.2) is 9.84 Å². The Hall–Kier alpha value is -0.580. The molecule has 1 saturated heterocycles. The zero-order chi connectivity index (χ0) is 13.7. The summed E-state index contributed by atoms with van der Waals surface area (Å²) in [6.45, 7) is 0.530. The maximum Gasteiger partial charge on any atom is 0.220 e. The molecule has 1 N–H and O–H groups in total. The third-order valence-corrected chi connectivity index (χ3v) is 6.26. The Morgan fingerprint density at radius 3 is 2.42 bits per heavy atom. The highest BCUT2D eigenvalue weighted by Crippen LogP contribution is 2.27. The number of amides is 1. The number of hydrogen-bond acceptors (Lipinski definition) is 3. The second-order valence-corrected chi connectivity index (χ2v) is 8.34. The topological polar surface area (TPSA) is 63.2 Å². The van der Waals surface area contributed by atoms with Gasteiger partial charge < -0.3 is 5.32 Å². The van der Waals surface area contributed by atoms with Crippen LogP contribution in [0.15, 0.2) is 0 Å². The van der Waals surface area contributed by atoms with Crippen LogP contribution in [0.5, 0.6) is 0 Å². The Balaban J connectivity index is 1.59. The molecule has 0 spiro atoms. The quantitative estimate of drug-likeness (QED) is 0.840. The van der Waals surface area contributed by atoms with Crippen molar-refractivity contribution in [3.8, 4) is 0 Å². The van der Waals surface area contributed by atoms with Crippen LogP contribution in [0.4, 0.5) is 0 Å². The monoisotopic (exact) mass is 287 g/mol. The van der Waals surface area contributed by atoms with E-state index in [0.29, 0.717) is 19.4 Å². The molecule has 19 heavy (non-hydrogen) atoms. The van der Waals surface area contributed by atoms with Crippen molar-refractivity contribution in [3.05, 3.63) is 0 Å². The van der Waals surface area contributed by atoms with Gasteiger partial charge in [-0.15, -0.1) is 0 Å². The molecule has 4 nitrogen and oxygen atoms in total. The van der Waals surface area contributed by atoms with Crippen LogP contribution in [0.2, 0.25) is 0 Å². The standard InChI is InChI=1S/C14H25NO3S/c16-14(7-6-12-4-2-1-3-5-12)15-10-13-8-9-19(17,18)11-13/h12-13H,1-11H2,(H,15,16)/t13-/m0/s1. The van der Waals surface area contributed by atoms with Gasteiger partial charge in [0.1, 0.15) is 0 Å². The summed E-state index contributed by atoms with van der Waals surface area (Å²) in [4.78, 5) is 11.7. The van der Waals surface area contributed by atoms with Gasteiger partial charge in [0.25, 0.3) is 0 Å². The van der Waals surface area contributed by atoms with E-state index in [2.05, 4.69) is 5.32 Å². The largest absolute Gasteiger partial charge is 0.356 e. The van der Waals surface area contributed by atoms with Gasteiger partial charge in [0.2, 0.25) is 5.91 Å². The molecule has 0 unspecified atom stereocenters. The predicted molar refractivity (Wildman–Crippen MR) is 75.6 cm³/mol.